The maximum absolute atomic E-state index is 11.8. The first-order valence-corrected chi connectivity index (χ1v) is 7.40. The number of anilines is 1. The van der Waals surface area contributed by atoms with Gasteiger partial charge < -0.3 is 15.4 Å². The van der Waals surface area contributed by atoms with Crippen LogP contribution in [0.2, 0.25) is 0 Å². The minimum absolute atomic E-state index is 0.0857. The minimum atomic E-state index is -0.397. The molecule has 6 heteroatoms. The fourth-order valence-corrected chi connectivity index (χ4v) is 1.92. The van der Waals surface area contributed by atoms with E-state index in [0.717, 1.165) is 0 Å². The SMILES string of the molecule is CC(=O)c1cccc(NC(=O)CNC(=O)COc2ccccc2)c1. The van der Waals surface area contributed by atoms with Crippen LogP contribution in [0.1, 0.15) is 17.3 Å². The second kappa shape index (κ2) is 8.47. The van der Waals surface area contributed by atoms with Crippen molar-refractivity contribution in [2.75, 3.05) is 18.5 Å². The van der Waals surface area contributed by atoms with Crippen LogP contribution in [0.25, 0.3) is 0 Å². The number of nitrogens with one attached hydrogen (secondary N) is 2. The molecule has 0 saturated carbocycles. The molecule has 0 fully saturated rings. The molecule has 6 nitrogen and oxygen atoms in total. The van der Waals surface area contributed by atoms with E-state index in [2.05, 4.69) is 10.6 Å². The highest BCUT2D eigenvalue weighted by Gasteiger charge is 2.08. The third-order valence-electron chi connectivity index (χ3n) is 3.11. The Kier molecular flexibility index (Phi) is 6.08. The molecule has 0 saturated heterocycles. The molecule has 2 aromatic rings. The van der Waals surface area contributed by atoms with E-state index in [1.54, 1.807) is 48.5 Å². The normalized spacial score (nSPS) is 9.88. The first-order valence-electron chi connectivity index (χ1n) is 7.40. The number of hydrogen-bond donors (Lipinski definition) is 2. The van der Waals surface area contributed by atoms with E-state index >= 15 is 0 Å². The first kappa shape index (κ1) is 17.2. The lowest BCUT2D eigenvalue weighted by molar-refractivity contribution is -0.125. The van der Waals surface area contributed by atoms with Crippen molar-refractivity contribution < 1.29 is 19.1 Å². The summed E-state index contributed by atoms with van der Waals surface area (Å²) in [7, 11) is 0. The summed E-state index contributed by atoms with van der Waals surface area (Å²) in [6.07, 6.45) is 0. The van der Waals surface area contributed by atoms with Crippen molar-refractivity contribution >= 4 is 23.3 Å². The van der Waals surface area contributed by atoms with Crippen LogP contribution in [0.4, 0.5) is 5.69 Å². The largest absolute Gasteiger partial charge is 0.484 e. The number of benzene rings is 2. The van der Waals surface area contributed by atoms with Gasteiger partial charge in [-0.2, -0.15) is 0 Å². The number of carbonyl (C=O) groups excluding carboxylic acids is 3. The highest BCUT2D eigenvalue weighted by molar-refractivity contribution is 5.98. The predicted octanol–water partition coefficient (Wildman–Crippen LogP) is 2.02. The van der Waals surface area contributed by atoms with Gasteiger partial charge in [-0.1, -0.05) is 30.3 Å². The fourth-order valence-electron chi connectivity index (χ4n) is 1.92. The van der Waals surface area contributed by atoms with Crippen molar-refractivity contribution in [1.82, 2.24) is 5.32 Å². The Labute approximate surface area is 139 Å². The van der Waals surface area contributed by atoms with Gasteiger partial charge in [0, 0.05) is 11.3 Å². The second-order valence-corrected chi connectivity index (χ2v) is 5.06. The summed E-state index contributed by atoms with van der Waals surface area (Å²) in [5, 5.41) is 5.09. The van der Waals surface area contributed by atoms with E-state index < -0.39 is 5.91 Å². The molecule has 0 aliphatic rings. The Balaban J connectivity index is 1.75. The Morgan fingerprint density at radius 3 is 2.42 bits per heavy atom. The number of amides is 2. The molecule has 2 aromatic carbocycles. The van der Waals surface area contributed by atoms with Crippen molar-refractivity contribution in [1.29, 1.82) is 0 Å². The zero-order chi connectivity index (χ0) is 17.4. The molecule has 24 heavy (non-hydrogen) atoms. The average Bonchev–Trinajstić information content (AvgIpc) is 2.59. The summed E-state index contributed by atoms with van der Waals surface area (Å²) < 4.78 is 5.28. The van der Waals surface area contributed by atoms with Gasteiger partial charge in [-0.25, -0.2) is 0 Å². The molecule has 0 aromatic heterocycles. The number of ketones is 1. The Hall–Kier alpha value is -3.15. The third-order valence-corrected chi connectivity index (χ3v) is 3.11. The van der Waals surface area contributed by atoms with E-state index in [1.165, 1.54) is 6.92 Å². The van der Waals surface area contributed by atoms with Crippen LogP contribution in [0.15, 0.2) is 54.6 Å². The molecule has 2 rings (SSSR count). The molecule has 0 unspecified atom stereocenters. The molecular formula is C18H18N2O4. The van der Waals surface area contributed by atoms with Crippen molar-refractivity contribution in [3.05, 3.63) is 60.2 Å². The van der Waals surface area contributed by atoms with Crippen molar-refractivity contribution in [2.24, 2.45) is 0 Å². The number of hydrogen-bond acceptors (Lipinski definition) is 4. The third kappa shape index (κ3) is 5.57. The van der Waals surface area contributed by atoms with Crippen LogP contribution in [0.3, 0.4) is 0 Å². The molecule has 0 aliphatic heterocycles. The van der Waals surface area contributed by atoms with Crippen LogP contribution >= 0.6 is 0 Å². The van der Waals surface area contributed by atoms with Crippen LogP contribution in [0, 0.1) is 0 Å². The highest BCUT2D eigenvalue weighted by atomic mass is 16.5. The molecule has 0 spiro atoms. The average molecular weight is 326 g/mol. The van der Waals surface area contributed by atoms with E-state index in [-0.39, 0.29) is 24.8 Å². The maximum atomic E-state index is 11.8. The smallest absolute Gasteiger partial charge is 0.258 e. The molecule has 0 atom stereocenters. The summed E-state index contributed by atoms with van der Waals surface area (Å²) in [6, 6.07) is 15.5. The molecule has 0 aliphatic carbocycles. The van der Waals surface area contributed by atoms with E-state index in [9.17, 15) is 14.4 Å². The maximum Gasteiger partial charge on any atom is 0.258 e. The quantitative estimate of drug-likeness (QED) is 0.763. The summed E-state index contributed by atoms with van der Waals surface area (Å²) in [5.41, 5.74) is 1.01. The molecular weight excluding hydrogens is 308 g/mol. The minimum Gasteiger partial charge on any atom is -0.484 e. The van der Waals surface area contributed by atoms with Crippen molar-refractivity contribution in [3.8, 4) is 5.75 Å². The van der Waals surface area contributed by atoms with E-state index in [0.29, 0.717) is 17.0 Å². The Morgan fingerprint density at radius 1 is 0.958 bits per heavy atom. The number of para-hydroxylation sites is 1. The fraction of sp³-hybridized carbons (Fsp3) is 0.167. The van der Waals surface area contributed by atoms with Crippen LogP contribution in [-0.2, 0) is 9.59 Å². The van der Waals surface area contributed by atoms with Crippen LogP contribution in [0.5, 0.6) is 5.75 Å². The zero-order valence-corrected chi connectivity index (χ0v) is 13.2. The molecule has 0 radical (unpaired) electrons. The lowest BCUT2D eigenvalue weighted by atomic mass is 10.1. The number of ether oxygens (including phenoxy) is 1. The number of Topliss-reactive ketones (excluding diaryl/α,β-unsaturated/α-hetero) is 1. The van der Waals surface area contributed by atoms with Gasteiger partial charge in [0.1, 0.15) is 5.75 Å². The van der Waals surface area contributed by atoms with Crippen molar-refractivity contribution in [3.63, 3.8) is 0 Å². The Morgan fingerprint density at radius 2 is 1.71 bits per heavy atom. The van der Waals surface area contributed by atoms with Gasteiger partial charge in [0.2, 0.25) is 5.91 Å². The molecule has 0 heterocycles. The van der Waals surface area contributed by atoms with Gasteiger partial charge in [-0.05, 0) is 31.2 Å². The van der Waals surface area contributed by atoms with E-state index in [1.807, 2.05) is 6.07 Å². The van der Waals surface area contributed by atoms with Crippen LogP contribution in [-0.4, -0.2) is 30.7 Å². The molecule has 2 N–H and O–H groups in total. The monoisotopic (exact) mass is 326 g/mol. The highest BCUT2D eigenvalue weighted by Crippen LogP contribution is 2.11. The molecule has 124 valence electrons. The molecule has 2 amide bonds. The van der Waals surface area contributed by atoms with Crippen LogP contribution < -0.4 is 15.4 Å². The number of carbonyl (C=O) groups is 3. The summed E-state index contributed by atoms with van der Waals surface area (Å²) in [4.78, 5) is 34.8. The first-order chi connectivity index (χ1) is 11.5. The summed E-state index contributed by atoms with van der Waals surface area (Å²) in [6.45, 7) is 1.10. The molecule has 0 bridgehead atoms. The van der Waals surface area contributed by atoms with Crippen molar-refractivity contribution in [2.45, 2.75) is 6.92 Å². The second-order valence-electron chi connectivity index (χ2n) is 5.06. The van der Waals surface area contributed by atoms with E-state index in [4.69, 9.17) is 4.74 Å². The Bertz CT molecular complexity index is 729. The van der Waals surface area contributed by atoms with Gasteiger partial charge in [-0.3, -0.25) is 14.4 Å². The number of rotatable bonds is 7. The standard InChI is InChI=1S/C18H18N2O4/c1-13(21)14-6-5-7-15(10-14)20-17(22)11-19-18(23)12-24-16-8-3-2-4-9-16/h2-10H,11-12H2,1H3,(H,19,23)(H,20,22). The summed E-state index contributed by atoms with van der Waals surface area (Å²) >= 11 is 0. The zero-order valence-electron chi connectivity index (χ0n) is 13.2. The summed E-state index contributed by atoms with van der Waals surface area (Å²) in [5.74, 6) is -0.286. The van der Waals surface area contributed by atoms with Gasteiger partial charge in [0.15, 0.2) is 12.4 Å². The van der Waals surface area contributed by atoms with Gasteiger partial charge in [0.05, 0.1) is 6.54 Å². The predicted molar refractivity (Wildman–Crippen MR) is 90.0 cm³/mol. The lowest BCUT2D eigenvalue weighted by Crippen LogP contribution is -2.35. The topological polar surface area (TPSA) is 84.5 Å². The van der Waals surface area contributed by atoms with Gasteiger partial charge >= 0.3 is 0 Å². The lowest BCUT2D eigenvalue weighted by Gasteiger charge is -2.09. The van der Waals surface area contributed by atoms with Gasteiger partial charge in [-0.15, -0.1) is 0 Å². The van der Waals surface area contributed by atoms with Gasteiger partial charge in [0.25, 0.3) is 5.91 Å².